The highest BCUT2D eigenvalue weighted by Crippen LogP contribution is 2.32. The second-order valence-corrected chi connectivity index (χ2v) is 11.2. The minimum Gasteiger partial charge on any atom is -0.444 e. The topological polar surface area (TPSA) is 100 Å². The molecule has 1 unspecified atom stereocenters. The molecule has 2 amide bonds. The minimum atomic E-state index is -0.603. The first kappa shape index (κ1) is 30.0. The van der Waals surface area contributed by atoms with Crippen molar-refractivity contribution in [1.29, 1.82) is 0 Å². The van der Waals surface area contributed by atoms with Crippen LogP contribution in [0.15, 0.2) is 42.6 Å². The zero-order valence-electron chi connectivity index (χ0n) is 24.6. The van der Waals surface area contributed by atoms with Crippen molar-refractivity contribution in [3.05, 3.63) is 59.5 Å². The zero-order valence-corrected chi connectivity index (χ0v) is 24.6. The fourth-order valence-corrected chi connectivity index (χ4v) is 4.52. The molecule has 1 atom stereocenters. The number of hydrogen-bond donors (Lipinski definition) is 1. The highest BCUT2D eigenvalue weighted by Gasteiger charge is 2.23. The predicted octanol–water partition coefficient (Wildman–Crippen LogP) is 4.40. The van der Waals surface area contributed by atoms with E-state index in [1.807, 2.05) is 31.0 Å². The summed E-state index contributed by atoms with van der Waals surface area (Å²) in [7, 11) is 3.50. The smallest absolute Gasteiger partial charge is 0.410 e. The average Bonchev–Trinajstić information content (AvgIpc) is 2.95. The van der Waals surface area contributed by atoms with Crippen LogP contribution in [0, 0.1) is 5.82 Å². The lowest BCUT2D eigenvalue weighted by Gasteiger charge is -2.30. The van der Waals surface area contributed by atoms with Crippen molar-refractivity contribution in [2.75, 3.05) is 63.3 Å². The first-order valence-electron chi connectivity index (χ1n) is 13.8. The summed E-state index contributed by atoms with van der Waals surface area (Å²) >= 11 is 0. The van der Waals surface area contributed by atoms with E-state index in [-0.39, 0.29) is 30.9 Å². The molecule has 2 heterocycles. The van der Waals surface area contributed by atoms with Gasteiger partial charge in [0.25, 0.3) is 5.91 Å². The van der Waals surface area contributed by atoms with E-state index in [4.69, 9.17) is 14.5 Å². The number of amides is 2. The predicted molar refractivity (Wildman–Crippen MR) is 157 cm³/mol. The van der Waals surface area contributed by atoms with Gasteiger partial charge >= 0.3 is 6.09 Å². The lowest BCUT2D eigenvalue weighted by Crippen LogP contribution is -2.39. The third-order valence-corrected chi connectivity index (χ3v) is 6.95. The van der Waals surface area contributed by atoms with Crippen molar-refractivity contribution in [2.24, 2.45) is 0 Å². The quantitative estimate of drug-likeness (QED) is 0.428. The Morgan fingerprint density at radius 3 is 2.59 bits per heavy atom. The second kappa shape index (κ2) is 12.7. The largest absolute Gasteiger partial charge is 0.444 e. The summed E-state index contributed by atoms with van der Waals surface area (Å²) in [6, 6.07) is 9.65. The number of halogens is 1. The molecule has 0 spiro atoms. The Kier molecular flexibility index (Phi) is 9.27. The van der Waals surface area contributed by atoms with Gasteiger partial charge in [-0.1, -0.05) is 6.07 Å². The van der Waals surface area contributed by atoms with Gasteiger partial charge in [-0.15, -0.1) is 0 Å². The van der Waals surface area contributed by atoms with Crippen molar-refractivity contribution >= 4 is 34.5 Å². The number of rotatable bonds is 8. The normalized spacial score (nSPS) is 14.5. The third-order valence-electron chi connectivity index (χ3n) is 6.95. The number of carbonyl (C=O) groups excluding carboxylic acids is 2. The van der Waals surface area contributed by atoms with Crippen LogP contribution in [0.25, 0.3) is 11.0 Å². The Morgan fingerprint density at radius 2 is 1.90 bits per heavy atom. The van der Waals surface area contributed by atoms with Gasteiger partial charge < -0.3 is 29.5 Å². The van der Waals surface area contributed by atoms with Gasteiger partial charge in [-0.3, -0.25) is 9.78 Å². The van der Waals surface area contributed by atoms with Crippen LogP contribution < -0.4 is 15.1 Å². The van der Waals surface area contributed by atoms with E-state index in [1.54, 1.807) is 46.1 Å². The van der Waals surface area contributed by atoms with Crippen LogP contribution in [-0.4, -0.2) is 86.0 Å². The molecule has 4 rings (SSSR count). The number of likely N-dealkylation sites (N-methyl/N-ethyl adjacent to an activating group) is 1. The van der Waals surface area contributed by atoms with Gasteiger partial charge in [-0.05, 0) is 58.0 Å². The molecule has 1 fully saturated rings. The molecule has 1 saturated heterocycles. The molecule has 41 heavy (non-hydrogen) atoms. The summed E-state index contributed by atoms with van der Waals surface area (Å²) in [5.74, 6) is 0.112. The Bertz CT molecular complexity index is 1390. The van der Waals surface area contributed by atoms with Crippen molar-refractivity contribution < 1.29 is 23.5 Å². The lowest BCUT2D eigenvalue weighted by molar-refractivity contribution is 0.0299. The molecule has 11 heteroatoms. The molecule has 0 radical (unpaired) electrons. The molecule has 1 aliphatic heterocycles. The molecule has 220 valence electrons. The molecular formula is C30H39FN6O4. The molecule has 2 aromatic carbocycles. The van der Waals surface area contributed by atoms with E-state index >= 15 is 0 Å². The highest BCUT2D eigenvalue weighted by atomic mass is 19.1. The van der Waals surface area contributed by atoms with Crippen molar-refractivity contribution in [3.63, 3.8) is 0 Å². The SMILES string of the molecule is CC(c1cc(C(=O)NCCN(C)C(=O)OC(C)(C)C)cc2ncc(N3CCOCC3)nc12)N(C)c1cccc(F)c1. The number of aromatic nitrogens is 2. The maximum Gasteiger partial charge on any atom is 0.410 e. The molecule has 10 nitrogen and oxygen atoms in total. The summed E-state index contributed by atoms with van der Waals surface area (Å²) in [6.45, 7) is 10.6. The molecule has 0 aliphatic carbocycles. The van der Waals surface area contributed by atoms with E-state index in [9.17, 15) is 14.0 Å². The average molecular weight is 567 g/mol. The van der Waals surface area contributed by atoms with Gasteiger partial charge in [-0.25, -0.2) is 14.2 Å². The molecule has 1 N–H and O–H groups in total. The first-order chi connectivity index (χ1) is 19.4. The standard InChI is InChI=1S/C30H39FN6O4/c1-20(36(6)23-9-7-8-22(31)18-23)24-16-21(28(38)32-10-11-35(5)29(39)41-30(2,3)4)17-25-27(24)34-26(19-33-25)37-12-14-40-15-13-37/h7-9,16-20H,10-15H2,1-6H3,(H,32,38). The van der Waals surface area contributed by atoms with E-state index in [0.717, 1.165) is 11.4 Å². The van der Waals surface area contributed by atoms with Gasteiger partial charge in [0.15, 0.2) is 0 Å². The van der Waals surface area contributed by atoms with E-state index in [2.05, 4.69) is 15.2 Å². The number of ether oxygens (including phenoxy) is 2. The number of benzene rings is 2. The van der Waals surface area contributed by atoms with Gasteiger partial charge in [0, 0.05) is 57.1 Å². The summed E-state index contributed by atoms with van der Waals surface area (Å²) in [5.41, 5.74) is 2.55. The molecule has 0 saturated carbocycles. The van der Waals surface area contributed by atoms with Crippen molar-refractivity contribution in [1.82, 2.24) is 20.2 Å². The molecule has 0 bridgehead atoms. The summed E-state index contributed by atoms with van der Waals surface area (Å²) in [4.78, 5) is 40.7. The maximum absolute atomic E-state index is 14.0. The van der Waals surface area contributed by atoms with Crippen LogP contribution in [0.1, 0.15) is 49.7 Å². The fraction of sp³-hybridized carbons (Fsp3) is 0.467. The lowest BCUT2D eigenvalue weighted by atomic mass is 10.0. The van der Waals surface area contributed by atoms with Gasteiger partial charge in [0.05, 0.1) is 36.5 Å². The van der Waals surface area contributed by atoms with E-state index < -0.39 is 11.7 Å². The van der Waals surface area contributed by atoms with Crippen LogP contribution in [0.2, 0.25) is 0 Å². The van der Waals surface area contributed by atoms with Crippen LogP contribution in [-0.2, 0) is 9.47 Å². The molecule has 3 aromatic rings. The number of carbonyl (C=O) groups is 2. The second-order valence-electron chi connectivity index (χ2n) is 11.2. The van der Waals surface area contributed by atoms with Gasteiger partial charge in [0.2, 0.25) is 0 Å². The summed E-state index contributed by atoms with van der Waals surface area (Å²) in [6.07, 6.45) is 1.26. The number of fused-ring (bicyclic) bond motifs is 1. The number of hydrogen-bond acceptors (Lipinski definition) is 8. The van der Waals surface area contributed by atoms with Crippen LogP contribution in [0.4, 0.5) is 20.7 Å². The fourth-order valence-electron chi connectivity index (χ4n) is 4.52. The highest BCUT2D eigenvalue weighted by molar-refractivity contribution is 5.98. The van der Waals surface area contributed by atoms with E-state index in [0.29, 0.717) is 48.6 Å². The number of morpholine rings is 1. The molecular weight excluding hydrogens is 527 g/mol. The molecule has 1 aliphatic rings. The van der Waals surface area contributed by atoms with Gasteiger partial charge in [-0.2, -0.15) is 0 Å². The monoisotopic (exact) mass is 566 g/mol. The minimum absolute atomic E-state index is 0.238. The first-order valence-corrected chi connectivity index (χ1v) is 13.8. The summed E-state index contributed by atoms with van der Waals surface area (Å²) in [5, 5.41) is 2.89. The Morgan fingerprint density at radius 1 is 1.17 bits per heavy atom. The number of nitrogens with zero attached hydrogens (tertiary/aromatic N) is 5. The van der Waals surface area contributed by atoms with Crippen LogP contribution in [0.5, 0.6) is 0 Å². The molecule has 1 aromatic heterocycles. The van der Waals surface area contributed by atoms with Crippen LogP contribution in [0.3, 0.4) is 0 Å². The maximum atomic E-state index is 14.0. The third kappa shape index (κ3) is 7.60. The van der Waals surface area contributed by atoms with Crippen molar-refractivity contribution in [3.8, 4) is 0 Å². The Hall–Kier alpha value is -3.99. The van der Waals surface area contributed by atoms with Crippen molar-refractivity contribution in [2.45, 2.75) is 39.3 Å². The van der Waals surface area contributed by atoms with E-state index in [1.165, 1.54) is 17.0 Å². The Labute approximate surface area is 240 Å². The Balaban J connectivity index is 1.61. The zero-order chi connectivity index (χ0) is 29.7. The number of nitrogens with one attached hydrogen (secondary N) is 1. The number of anilines is 2. The van der Waals surface area contributed by atoms with Crippen LogP contribution >= 0.6 is 0 Å². The van der Waals surface area contributed by atoms with Gasteiger partial charge in [0.1, 0.15) is 17.2 Å². The summed E-state index contributed by atoms with van der Waals surface area (Å²) < 4.78 is 24.9.